The number of rotatable bonds is 5. The van der Waals surface area contributed by atoms with E-state index >= 15 is 0 Å². The Hall–Kier alpha value is -1.47. The first-order valence-electron chi connectivity index (χ1n) is 5.30. The van der Waals surface area contributed by atoms with Gasteiger partial charge in [0.15, 0.2) is 5.54 Å². The summed E-state index contributed by atoms with van der Waals surface area (Å²) in [6.07, 6.45) is 0. The zero-order chi connectivity index (χ0) is 14.6. The number of carbonyl (C=O) groups excluding carboxylic acids is 1. The molecule has 0 radical (unpaired) electrons. The fraction of sp³-hybridized carbons (Fsp3) is 0.333. The minimum Gasteiger partial charge on any atom is -0.479 e. The fourth-order valence-corrected chi connectivity index (χ4v) is 1.86. The van der Waals surface area contributed by atoms with E-state index < -0.39 is 23.2 Å². The number of hydrogen-bond donors (Lipinski definition) is 2. The molecule has 1 unspecified atom stereocenters. The molecule has 0 fully saturated rings. The monoisotopic (exact) mass is 333 g/mol. The summed E-state index contributed by atoms with van der Waals surface area (Å²) in [7, 11) is 1.32. The Morgan fingerprint density at radius 3 is 2.68 bits per heavy atom. The number of carbonyl (C=O) groups is 2. The highest BCUT2D eigenvalue weighted by Gasteiger charge is 2.35. The zero-order valence-electron chi connectivity index (χ0n) is 10.4. The number of ether oxygens (including phenoxy) is 1. The first-order valence-corrected chi connectivity index (χ1v) is 6.09. The van der Waals surface area contributed by atoms with Crippen LogP contribution in [0.25, 0.3) is 0 Å². The largest absolute Gasteiger partial charge is 0.479 e. The van der Waals surface area contributed by atoms with Gasteiger partial charge < -0.3 is 15.2 Å². The highest BCUT2D eigenvalue weighted by molar-refractivity contribution is 9.10. The van der Waals surface area contributed by atoms with Crippen molar-refractivity contribution in [3.8, 4) is 0 Å². The lowest BCUT2D eigenvalue weighted by atomic mass is 10.0. The number of carboxylic acids is 1. The third-order valence-electron chi connectivity index (χ3n) is 2.47. The second-order valence-corrected chi connectivity index (χ2v) is 5.00. The summed E-state index contributed by atoms with van der Waals surface area (Å²) < 4.78 is 18.3. The predicted octanol–water partition coefficient (Wildman–Crippen LogP) is 1.81. The van der Waals surface area contributed by atoms with Crippen molar-refractivity contribution in [2.45, 2.75) is 12.5 Å². The molecule has 1 atom stereocenters. The first-order chi connectivity index (χ1) is 8.80. The molecule has 0 bridgehead atoms. The highest BCUT2D eigenvalue weighted by atomic mass is 79.9. The first kappa shape index (κ1) is 15.6. The lowest BCUT2D eigenvalue weighted by Crippen LogP contribution is -2.55. The van der Waals surface area contributed by atoms with Crippen LogP contribution in [0.15, 0.2) is 22.7 Å². The van der Waals surface area contributed by atoms with Crippen molar-refractivity contribution in [3.05, 3.63) is 34.1 Å². The molecule has 0 aliphatic rings. The molecular formula is C12H13BrFNO4. The van der Waals surface area contributed by atoms with Crippen LogP contribution >= 0.6 is 15.9 Å². The maximum Gasteiger partial charge on any atom is 0.331 e. The van der Waals surface area contributed by atoms with E-state index in [-0.39, 0.29) is 12.2 Å². The molecule has 1 aromatic carbocycles. The number of hydrogen-bond acceptors (Lipinski definition) is 3. The van der Waals surface area contributed by atoms with Crippen molar-refractivity contribution in [1.29, 1.82) is 0 Å². The van der Waals surface area contributed by atoms with Gasteiger partial charge in [-0.2, -0.15) is 0 Å². The molecular weight excluding hydrogens is 321 g/mol. The van der Waals surface area contributed by atoms with Gasteiger partial charge in [0.25, 0.3) is 5.91 Å². The molecule has 0 aromatic heterocycles. The van der Waals surface area contributed by atoms with Gasteiger partial charge in [-0.25, -0.2) is 9.18 Å². The quantitative estimate of drug-likeness (QED) is 0.861. The van der Waals surface area contributed by atoms with Crippen LogP contribution in [0.4, 0.5) is 4.39 Å². The fourth-order valence-electron chi connectivity index (χ4n) is 1.43. The van der Waals surface area contributed by atoms with Crippen molar-refractivity contribution in [1.82, 2.24) is 5.32 Å². The van der Waals surface area contributed by atoms with Crippen molar-refractivity contribution in [2.75, 3.05) is 13.7 Å². The number of methoxy groups -OCH3 is 1. The second-order valence-electron chi connectivity index (χ2n) is 4.15. The molecule has 0 saturated heterocycles. The Bertz CT molecular complexity index is 509. The number of aliphatic carboxylic acids is 1. The standard InChI is InChI=1S/C12H13BrFNO4/c1-12(6-19-2,11(17)18)15-10(16)8-5-7(14)3-4-9(8)13/h3-5H,6H2,1-2H3,(H,15,16)(H,17,18). The van der Waals surface area contributed by atoms with E-state index in [1.807, 2.05) is 0 Å². The molecule has 19 heavy (non-hydrogen) atoms. The van der Waals surface area contributed by atoms with Crippen molar-refractivity contribution in [2.24, 2.45) is 0 Å². The van der Waals surface area contributed by atoms with Crippen LogP contribution in [0.2, 0.25) is 0 Å². The van der Waals surface area contributed by atoms with Crippen LogP contribution in [0.5, 0.6) is 0 Å². The summed E-state index contributed by atoms with van der Waals surface area (Å²) in [5.41, 5.74) is -1.57. The van der Waals surface area contributed by atoms with Crippen molar-refractivity contribution < 1.29 is 23.8 Å². The molecule has 0 spiro atoms. The second kappa shape index (κ2) is 6.12. The third-order valence-corrected chi connectivity index (χ3v) is 3.16. The Morgan fingerprint density at radius 1 is 1.53 bits per heavy atom. The van der Waals surface area contributed by atoms with Gasteiger partial charge in [-0.1, -0.05) is 0 Å². The SMILES string of the molecule is COCC(C)(NC(=O)c1cc(F)ccc1Br)C(=O)O. The van der Waals surface area contributed by atoms with Crippen LogP contribution < -0.4 is 5.32 Å². The van der Waals surface area contributed by atoms with Crippen LogP contribution in [0.3, 0.4) is 0 Å². The summed E-state index contributed by atoms with van der Waals surface area (Å²) in [6, 6.07) is 3.58. The van der Waals surface area contributed by atoms with E-state index in [1.54, 1.807) is 0 Å². The number of benzene rings is 1. The molecule has 2 N–H and O–H groups in total. The minimum absolute atomic E-state index is 0.0172. The van der Waals surface area contributed by atoms with E-state index in [0.29, 0.717) is 4.47 Å². The molecule has 104 valence electrons. The van der Waals surface area contributed by atoms with Crippen molar-refractivity contribution >= 4 is 27.8 Å². The Morgan fingerprint density at radius 2 is 2.16 bits per heavy atom. The van der Waals surface area contributed by atoms with E-state index in [2.05, 4.69) is 21.2 Å². The molecule has 1 aromatic rings. The molecule has 5 nitrogen and oxygen atoms in total. The Balaban J connectivity index is 3.00. The Kier molecular flexibility index (Phi) is 5.02. The van der Waals surface area contributed by atoms with Gasteiger partial charge in [0.1, 0.15) is 5.82 Å². The van der Waals surface area contributed by atoms with Crippen LogP contribution in [0, 0.1) is 5.82 Å². The van der Waals surface area contributed by atoms with Gasteiger partial charge in [-0.3, -0.25) is 4.79 Å². The van der Waals surface area contributed by atoms with Crippen LogP contribution in [-0.4, -0.2) is 36.2 Å². The number of nitrogens with one attached hydrogen (secondary N) is 1. The minimum atomic E-state index is -1.59. The molecule has 0 heterocycles. The predicted molar refractivity (Wildman–Crippen MR) is 69.5 cm³/mol. The molecule has 1 rings (SSSR count). The average Bonchev–Trinajstić information content (AvgIpc) is 2.32. The normalized spacial score (nSPS) is 13.7. The van der Waals surface area contributed by atoms with Gasteiger partial charge in [0, 0.05) is 11.6 Å². The molecule has 0 saturated carbocycles. The summed E-state index contributed by atoms with van der Waals surface area (Å²) in [4.78, 5) is 23.1. The third kappa shape index (κ3) is 3.74. The van der Waals surface area contributed by atoms with E-state index in [9.17, 15) is 14.0 Å². The summed E-state index contributed by atoms with van der Waals surface area (Å²) in [6.45, 7) is 1.10. The summed E-state index contributed by atoms with van der Waals surface area (Å²) >= 11 is 3.11. The maximum atomic E-state index is 13.1. The summed E-state index contributed by atoms with van der Waals surface area (Å²) in [5, 5.41) is 11.4. The lowest BCUT2D eigenvalue weighted by molar-refractivity contribution is -0.145. The number of amides is 1. The molecule has 0 aliphatic carbocycles. The zero-order valence-corrected chi connectivity index (χ0v) is 12.0. The number of carboxylic acid groups (broad SMARTS) is 1. The van der Waals surface area contributed by atoms with E-state index in [1.165, 1.54) is 26.2 Å². The highest BCUT2D eigenvalue weighted by Crippen LogP contribution is 2.19. The van der Waals surface area contributed by atoms with Crippen LogP contribution in [0.1, 0.15) is 17.3 Å². The van der Waals surface area contributed by atoms with Gasteiger partial charge in [-0.15, -0.1) is 0 Å². The van der Waals surface area contributed by atoms with Gasteiger partial charge in [0.05, 0.1) is 12.2 Å². The van der Waals surface area contributed by atoms with Gasteiger partial charge in [0.2, 0.25) is 0 Å². The van der Waals surface area contributed by atoms with Gasteiger partial charge in [-0.05, 0) is 41.1 Å². The molecule has 1 amide bonds. The van der Waals surface area contributed by atoms with Crippen molar-refractivity contribution in [3.63, 3.8) is 0 Å². The summed E-state index contributed by atoms with van der Waals surface area (Å²) in [5.74, 6) is -2.53. The lowest BCUT2D eigenvalue weighted by Gasteiger charge is -2.25. The molecule has 7 heteroatoms. The average molecular weight is 334 g/mol. The van der Waals surface area contributed by atoms with E-state index in [4.69, 9.17) is 9.84 Å². The smallest absolute Gasteiger partial charge is 0.331 e. The van der Waals surface area contributed by atoms with Crippen LogP contribution in [-0.2, 0) is 9.53 Å². The number of halogens is 2. The van der Waals surface area contributed by atoms with E-state index in [0.717, 1.165) is 6.07 Å². The Labute approximate surface area is 117 Å². The van der Waals surface area contributed by atoms with Gasteiger partial charge >= 0.3 is 5.97 Å². The maximum absolute atomic E-state index is 13.1. The molecule has 0 aliphatic heterocycles. The topological polar surface area (TPSA) is 75.6 Å².